The second-order valence-corrected chi connectivity index (χ2v) is 5.34. The topological polar surface area (TPSA) is 69.6 Å². The number of hydrogen-bond acceptors (Lipinski definition) is 4. The highest BCUT2D eigenvalue weighted by atomic mass is 35.5. The van der Waals surface area contributed by atoms with E-state index in [0.717, 1.165) is 18.5 Å². The van der Waals surface area contributed by atoms with Crippen LogP contribution in [0.1, 0.15) is 58.3 Å². The molecule has 5 nitrogen and oxygen atoms in total. The molecular formula is C15H26ClN5. The molecule has 2 N–H and O–H groups in total. The van der Waals surface area contributed by atoms with Crippen LogP contribution in [0.2, 0.25) is 0 Å². The maximum absolute atomic E-state index is 5.89. The highest BCUT2D eigenvalue weighted by Gasteiger charge is 2.07. The SMILES string of the molecule is CCCCCCCCCCn1cnc2ncnc(N)c21.Cl. The number of anilines is 1. The molecule has 0 spiro atoms. The Bertz CT molecular complexity index is 526. The van der Waals surface area contributed by atoms with Crippen molar-refractivity contribution in [1.29, 1.82) is 0 Å². The zero-order valence-corrected chi connectivity index (χ0v) is 13.6. The van der Waals surface area contributed by atoms with E-state index in [2.05, 4.69) is 26.4 Å². The van der Waals surface area contributed by atoms with Crippen LogP contribution in [0.4, 0.5) is 5.82 Å². The monoisotopic (exact) mass is 311 g/mol. The molecule has 0 aromatic carbocycles. The van der Waals surface area contributed by atoms with Gasteiger partial charge in [0.1, 0.15) is 11.8 Å². The number of nitrogen functional groups attached to an aromatic ring is 1. The van der Waals surface area contributed by atoms with Crippen LogP contribution < -0.4 is 5.73 Å². The molecule has 6 heteroatoms. The van der Waals surface area contributed by atoms with E-state index in [1.54, 1.807) is 0 Å². The molecular weight excluding hydrogens is 286 g/mol. The normalized spacial score (nSPS) is 10.7. The minimum absolute atomic E-state index is 0. The Labute approximate surface area is 132 Å². The summed E-state index contributed by atoms with van der Waals surface area (Å²) in [5.41, 5.74) is 7.45. The van der Waals surface area contributed by atoms with Gasteiger partial charge in [0.15, 0.2) is 11.5 Å². The van der Waals surface area contributed by atoms with Crippen LogP contribution >= 0.6 is 12.4 Å². The van der Waals surface area contributed by atoms with E-state index >= 15 is 0 Å². The van der Waals surface area contributed by atoms with Crippen molar-refractivity contribution in [2.24, 2.45) is 0 Å². The van der Waals surface area contributed by atoms with Gasteiger partial charge in [-0.3, -0.25) is 0 Å². The molecule has 2 rings (SSSR count). The predicted octanol–water partition coefficient (Wildman–Crippen LogP) is 3.97. The molecule has 0 unspecified atom stereocenters. The lowest BCUT2D eigenvalue weighted by molar-refractivity contribution is 0.548. The molecule has 0 fully saturated rings. The van der Waals surface area contributed by atoms with Gasteiger partial charge >= 0.3 is 0 Å². The zero-order valence-electron chi connectivity index (χ0n) is 12.8. The van der Waals surface area contributed by atoms with E-state index in [-0.39, 0.29) is 12.4 Å². The highest BCUT2D eigenvalue weighted by Crippen LogP contribution is 2.16. The third kappa shape index (κ3) is 5.16. The Morgan fingerprint density at radius 3 is 2.33 bits per heavy atom. The quantitative estimate of drug-likeness (QED) is 0.711. The van der Waals surface area contributed by atoms with E-state index < -0.39 is 0 Å². The average molecular weight is 312 g/mol. The fraction of sp³-hybridized carbons (Fsp3) is 0.667. The summed E-state index contributed by atoms with van der Waals surface area (Å²) < 4.78 is 2.07. The molecule has 21 heavy (non-hydrogen) atoms. The van der Waals surface area contributed by atoms with Crippen molar-refractivity contribution in [3.05, 3.63) is 12.7 Å². The minimum atomic E-state index is 0. The number of rotatable bonds is 9. The van der Waals surface area contributed by atoms with Crippen molar-refractivity contribution in [1.82, 2.24) is 19.5 Å². The van der Waals surface area contributed by atoms with E-state index in [4.69, 9.17) is 5.73 Å². The van der Waals surface area contributed by atoms with Gasteiger partial charge in [-0.1, -0.05) is 51.9 Å². The van der Waals surface area contributed by atoms with Gasteiger partial charge in [0.2, 0.25) is 0 Å². The van der Waals surface area contributed by atoms with Crippen molar-refractivity contribution < 1.29 is 0 Å². The molecule has 2 heterocycles. The Morgan fingerprint density at radius 2 is 1.62 bits per heavy atom. The van der Waals surface area contributed by atoms with Crippen LogP contribution in [0.5, 0.6) is 0 Å². The summed E-state index contributed by atoms with van der Waals surface area (Å²) in [6.07, 6.45) is 13.8. The molecule has 118 valence electrons. The summed E-state index contributed by atoms with van der Waals surface area (Å²) in [6.45, 7) is 3.20. The van der Waals surface area contributed by atoms with Crippen molar-refractivity contribution in [2.45, 2.75) is 64.8 Å². The number of nitrogens with zero attached hydrogens (tertiary/aromatic N) is 4. The lowest BCUT2D eigenvalue weighted by Gasteiger charge is -2.05. The molecule has 0 aliphatic heterocycles. The van der Waals surface area contributed by atoms with E-state index in [1.165, 1.54) is 51.3 Å². The number of hydrogen-bond donors (Lipinski definition) is 1. The van der Waals surface area contributed by atoms with Crippen LogP contribution in [-0.2, 0) is 6.54 Å². The first-order valence-corrected chi connectivity index (χ1v) is 7.74. The molecule has 0 atom stereocenters. The van der Waals surface area contributed by atoms with Crippen LogP contribution in [0.25, 0.3) is 11.2 Å². The second kappa shape index (κ2) is 9.55. The molecule has 2 aromatic rings. The fourth-order valence-corrected chi connectivity index (χ4v) is 2.52. The number of imidazole rings is 1. The molecule has 0 saturated carbocycles. The summed E-state index contributed by atoms with van der Waals surface area (Å²) in [6, 6.07) is 0. The second-order valence-electron chi connectivity index (χ2n) is 5.34. The van der Waals surface area contributed by atoms with E-state index in [0.29, 0.717) is 11.5 Å². The van der Waals surface area contributed by atoms with Crippen molar-refractivity contribution in [3.63, 3.8) is 0 Å². The van der Waals surface area contributed by atoms with Gasteiger partial charge < -0.3 is 10.3 Å². The number of halogens is 1. The number of fused-ring (bicyclic) bond motifs is 1. The Hall–Kier alpha value is -1.36. The summed E-state index contributed by atoms with van der Waals surface area (Å²) >= 11 is 0. The van der Waals surface area contributed by atoms with Gasteiger partial charge in [0.25, 0.3) is 0 Å². The highest BCUT2D eigenvalue weighted by molar-refractivity contribution is 5.85. The predicted molar refractivity (Wildman–Crippen MR) is 89.6 cm³/mol. The van der Waals surface area contributed by atoms with Crippen molar-refractivity contribution >= 4 is 29.4 Å². The Balaban J connectivity index is 0.00000220. The Morgan fingerprint density at radius 1 is 0.952 bits per heavy atom. The third-order valence-electron chi connectivity index (χ3n) is 3.69. The average Bonchev–Trinajstić information content (AvgIpc) is 2.86. The largest absolute Gasteiger partial charge is 0.382 e. The lowest BCUT2D eigenvalue weighted by Crippen LogP contribution is -2.01. The molecule has 0 radical (unpaired) electrons. The van der Waals surface area contributed by atoms with Gasteiger partial charge in [-0.2, -0.15) is 0 Å². The van der Waals surface area contributed by atoms with Crippen LogP contribution in [-0.4, -0.2) is 19.5 Å². The maximum Gasteiger partial charge on any atom is 0.182 e. The number of nitrogens with two attached hydrogens (primary N) is 1. The van der Waals surface area contributed by atoms with Gasteiger partial charge in [-0.15, -0.1) is 12.4 Å². The van der Waals surface area contributed by atoms with Gasteiger partial charge in [0.05, 0.1) is 6.33 Å². The fourth-order valence-electron chi connectivity index (χ4n) is 2.52. The summed E-state index contributed by atoms with van der Waals surface area (Å²) in [5.74, 6) is 0.520. The molecule has 0 bridgehead atoms. The van der Waals surface area contributed by atoms with Gasteiger partial charge in [-0.05, 0) is 6.42 Å². The van der Waals surface area contributed by atoms with Crippen LogP contribution in [0, 0.1) is 0 Å². The first kappa shape index (κ1) is 17.7. The standard InChI is InChI=1S/C15H25N5.ClH/c1-2-3-4-5-6-7-8-9-10-20-12-19-15-13(20)14(16)17-11-18-15;/h11-12H,2-10H2,1H3,(H2,16,17,18);1H. The first-order chi connectivity index (χ1) is 9.83. The molecule has 2 aromatic heterocycles. The molecule has 0 aliphatic carbocycles. The summed E-state index contributed by atoms with van der Waals surface area (Å²) in [5, 5.41) is 0. The Kier molecular flexibility index (Phi) is 8.05. The summed E-state index contributed by atoms with van der Waals surface area (Å²) in [7, 11) is 0. The molecule has 0 saturated heterocycles. The first-order valence-electron chi connectivity index (χ1n) is 7.74. The number of aromatic nitrogens is 4. The molecule has 0 amide bonds. The van der Waals surface area contributed by atoms with Crippen molar-refractivity contribution in [2.75, 3.05) is 5.73 Å². The zero-order chi connectivity index (χ0) is 14.2. The lowest BCUT2D eigenvalue weighted by atomic mass is 10.1. The molecule has 0 aliphatic rings. The van der Waals surface area contributed by atoms with Crippen molar-refractivity contribution in [3.8, 4) is 0 Å². The maximum atomic E-state index is 5.89. The number of aryl methyl sites for hydroxylation is 1. The minimum Gasteiger partial charge on any atom is -0.382 e. The summed E-state index contributed by atoms with van der Waals surface area (Å²) in [4.78, 5) is 12.4. The van der Waals surface area contributed by atoms with Crippen LogP contribution in [0.3, 0.4) is 0 Å². The van der Waals surface area contributed by atoms with Gasteiger partial charge in [-0.25, -0.2) is 15.0 Å². The number of unbranched alkanes of at least 4 members (excludes halogenated alkanes) is 7. The third-order valence-corrected chi connectivity index (χ3v) is 3.69. The van der Waals surface area contributed by atoms with Crippen LogP contribution in [0.15, 0.2) is 12.7 Å². The van der Waals surface area contributed by atoms with Gasteiger partial charge in [0, 0.05) is 6.54 Å². The van der Waals surface area contributed by atoms with E-state index in [9.17, 15) is 0 Å². The smallest absolute Gasteiger partial charge is 0.182 e. The van der Waals surface area contributed by atoms with E-state index in [1.807, 2.05) is 6.33 Å².